The zero-order valence-corrected chi connectivity index (χ0v) is 66.0. The fourth-order valence-electron chi connectivity index (χ4n) is 10.2. The number of unbranched alkanes of at least 4 members (excludes halogenated alkanes) is 25. The van der Waals surface area contributed by atoms with Crippen LogP contribution in [-0.2, 0) is 55.8 Å². The smallest absolute Gasteiger partial charge is 0.463 e. The molecule has 0 aliphatic rings. The van der Waals surface area contributed by atoms with E-state index in [1.165, 1.54) is 51.4 Å². The van der Waals surface area contributed by atoms with Crippen LogP contribution in [0.3, 0.4) is 0 Å². The van der Waals surface area contributed by atoms with Crippen LogP contribution >= 0.6 is 15.6 Å². The Balaban J connectivity index is 4.61. The van der Waals surface area contributed by atoms with Gasteiger partial charge in [-0.1, -0.05) is 294 Å². The largest absolute Gasteiger partial charge is 0.472 e. The first kappa shape index (κ1) is 98.2. The van der Waals surface area contributed by atoms with E-state index < -0.39 is 91.5 Å². The summed E-state index contributed by atoms with van der Waals surface area (Å²) in [4.78, 5) is 58.7. The molecule has 0 aromatic carbocycles. The van der Waals surface area contributed by atoms with Crippen LogP contribution in [0.2, 0.25) is 0 Å². The second kappa shape index (κ2) is 76.8. The maximum Gasteiger partial charge on any atom is 0.472 e. The molecule has 18 heteroatoms. The molecular formula is C85H142O16P2. The van der Waals surface area contributed by atoms with Gasteiger partial charge < -0.3 is 34.2 Å². The predicted molar refractivity (Wildman–Crippen MR) is 426 cm³/mol. The van der Waals surface area contributed by atoms with E-state index in [4.69, 9.17) is 32.3 Å². The monoisotopic (exact) mass is 1480 g/mol. The Hall–Kier alpha value is -4.83. The Labute approximate surface area is 625 Å². The summed E-state index contributed by atoms with van der Waals surface area (Å²) in [5, 5.41) is 20.7. The van der Waals surface area contributed by atoms with Crippen molar-refractivity contribution in [3.8, 4) is 0 Å². The van der Waals surface area contributed by atoms with Crippen molar-refractivity contribution >= 4 is 33.6 Å². The number of hydrogen-bond acceptors (Lipinski definition) is 14. The van der Waals surface area contributed by atoms with Gasteiger partial charge in [-0.25, -0.2) is 9.13 Å². The van der Waals surface area contributed by atoms with Gasteiger partial charge in [0.25, 0.3) is 0 Å². The summed E-state index contributed by atoms with van der Waals surface area (Å²) in [5.41, 5.74) is 0. The van der Waals surface area contributed by atoms with Crippen LogP contribution in [0.25, 0.3) is 0 Å². The van der Waals surface area contributed by atoms with E-state index in [2.05, 4.69) is 179 Å². The number of esters is 3. The minimum Gasteiger partial charge on any atom is -0.463 e. The molecule has 0 amide bonds. The number of phosphoric ester groups is 2. The first-order valence-corrected chi connectivity index (χ1v) is 42.8. The molecule has 5 unspecified atom stereocenters. The van der Waals surface area contributed by atoms with Crippen molar-refractivity contribution in [2.45, 2.75) is 322 Å². The summed E-state index contributed by atoms with van der Waals surface area (Å²) in [6, 6.07) is 0. The highest BCUT2D eigenvalue weighted by molar-refractivity contribution is 7.47. The van der Waals surface area contributed by atoms with Crippen LogP contribution < -0.4 is 0 Å². The average Bonchev–Trinajstić information content (AvgIpc) is 0.918. The third-order valence-electron chi connectivity index (χ3n) is 16.2. The molecule has 588 valence electrons. The lowest BCUT2D eigenvalue weighted by Crippen LogP contribution is -2.30. The topological polar surface area (TPSA) is 231 Å². The molecule has 0 rings (SSSR count). The van der Waals surface area contributed by atoms with Gasteiger partial charge in [0.15, 0.2) is 6.10 Å². The first-order valence-electron chi connectivity index (χ1n) is 39.8. The van der Waals surface area contributed by atoms with Crippen LogP contribution in [0.4, 0.5) is 0 Å². The summed E-state index contributed by atoms with van der Waals surface area (Å²) in [7, 11) is -9.81. The lowest BCUT2D eigenvalue weighted by atomic mass is 10.1. The molecule has 4 N–H and O–H groups in total. The highest BCUT2D eigenvalue weighted by atomic mass is 31.2. The Morgan fingerprint density at radius 2 is 0.515 bits per heavy atom. The van der Waals surface area contributed by atoms with Crippen molar-refractivity contribution in [3.05, 3.63) is 158 Å². The van der Waals surface area contributed by atoms with Crippen LogP contribution in [0.1, 0.15) is 303 Å². The molecule has 0 aromatic heterocycles. The second-order valence-corrected chi connectivity index (χ2v) is 29.0. The summed E-state index contributed by atoms with van der Waals surface area (Å²) >= 11 is 0. The van der Waals surface area contributed by atoms with Gasteiger partial charge >= 0.3 is 33.6 Å². The van der Waals surface area contributed by atoms with Crippen LogP contribution in [0, 0.1) is 0 Å². The second-order valence-electron chi connectivity index (χ2n) is 26.1. The van der Waals surface area contributed by atoms with E-state index in [0.717, 1.165) is 193 Å². The Morgan fingerprint density at radius 1 is 0.282 bits per heavy atom. The normalized spacial score (nSPS) is 14.8. The lowest BCUT2D eigenvalue weighted by Gasteiger charge is -2.21. The number of aliphatic hydroxyl groups is 2. The van der Waals surface area contributed by atoms with E-state index in [1.807, 2.05) is 0 Å². The summed E-state index contributed by atoms with van der Waals surface area (Å²) in [5.74, 6) is -1.61. The van der Waals surface area contributed by atoms with E-state index in [9.17, 15) is 43.5 Å². The van der Waals surface area contributed by atoms with Gasteiger partial charge in [0.05, 0.1) is 26.4 Å². The standard InChI is InChI=1S/C85H142O16P2/c1-4-7-10-13-16-19-22-25-28-31-34-35-36-37-38-39-40-41-42-43-46-48-50-53-56-59-62-65-68-71-83(88)95-74-80(86)75-97-102(91,92)98-76-81(87)77-99-103(93,94)100-79-82(101-85(90)73-70-67-64-61-58-55-52-49-45-33-30-27-24-21-18-15-12-9-6-3)78-96-84(89)72-69-66-63-60-57-54-51-47-44-32-29-26-23-20-17-14-11-8-5-2/h7-8,10-11,16-21,25-30,34-35,37-38,40-41,44-45,47,49,80-82,86-87H,4-6,9,12-15,22-24,31-33,36,39,42-43,46,48,50-79H2,1-3H3,(H,91,92)(H,93,94)/b10-7-,11-8-,19-16-,20-17-,21-18-,28-25-,29-26-,30-27-,35-34-,38-37-,41-40-,47-44-,49-45-. The molecule has 0 spiro atoms. The first-order chi connectivity index (χ1) is 50.2. The molecule has 0 radical (unpaired) electrons. The van der Waals surface area contributed by atoms with Gasteiger partial charge in [-0.2, -0.15) is 0 Å². The maximum atomic E-state index is 13.0. The molecule has 0 aliphatic carbocycles. The fourth-order valence-corrected chi connectivity index (χ4v) is 11.8. The molecule has 0 aromatic rings. The van der Waals surface area contributed by atoms with Crippen molar-refractivity contribution in [2.24, 2.45) is 0 Å². The van der Waals surface area contributed by atoms with Crippen molar-refractivity contribution in [1.29, 1.82) is 0 Å². The van der Waals surface area contributed by atoms with Crippen LogP contribution in [-0.4, -0.2) is 95.9 Å². The van der Waals surface area contributed by atoms with Gasteiger partial charge in [0.1, 0.15) is 25.4 Å². The minimum atomic E-state index is -4.94. The summed E-state index contributed by atoms with van der Waals surface area (Å²) in [6.07, 6.45) is 95.6. The molecule has 0 aliphatic heterocycles. The van der Waals surface area contributed by atoms with Gasteiger partial charge in [0.2, 0.25) is 0 Å². The van der Waals surface area contributed by atoms with Gasteiger partial charge in [0, 0.05) is 19.3 Å². The van der Waals surface area contributed by atoms with Crippen molar-refractivity contribution < 1.29 is 75.8 Å². The Morgan fingerprint density at radius 3 is 0.816 bits per heavy atom. The van der Waals surface area contributed by atoms with Crippen molar-refractivity contribution in [1.82, 2.24) is 0 Å². The van der Waals surface area contributed by atoms with Gasteiger partial charge in [-0.15, -0.1) is 0 Å². The van der Waals surface area contributed by atoms with Crippen molar-refractivity contribution in [2.75, 3.05) is 39.6 Å². The number of hydrogen-bond donors (Lipinski definition) is 4. The molecular weight excluding hydrogens is 1340 g/mol. The summed E-state index contributed by atoms with van der Waals surface area (Å²) < 4.78 is 61.2. The summed E-state index contributed by atoms with van der Waals surface area (Å²) in [6.45, 7) is 2.39. The number of carbonyl (C=O) groups excluding carboxylic acids is 3. The highest BCUT2D eigenvalue weighted by Gasteiger charge is 2.29. The molecule has 103 heavy (non-hydrogen) atoms. The lowest BCUT2D eigenvalue weighted by molar-refractivity contribution is -0.161. The Bertz CT molecular complexity index is 2500. The molecule has 0 saturated carbocycles. The van der Waals surface area contributed by atoms with E-state index in [0.29, 0.717) is 19.3 Å². The third-order valence-corrected chi connectivity index (χ3v) is 18.1. The van der Waals surface area contributed by atoms with Gasteiger partial charge in [-0.3, -0.25) is 32.5 Å². The highest BCUT2D eigenvalue weighted by Crippen LogP contribution is 2.45. The quantitative estimate of drug-likeness (QED) is 0.0146. The minimum absolute atomic E-state index is 0.0823. The number of allylic oxidation sites excluding steroid dienone is 26. The maximum absolute atomic E-state index is 13.0. The zero-order valence-electron chi connectivity index (χ0n) is 64.2. The average molecular weight is 1480 g/mol. The Kier molecular flexibility index (Phi) is 73.2. The number of aliphatic hydroxyl groups excluding tert-OH is 2. The number of ether oxygens (including phenoxy) is 3. The third kappa shape index (κ3) is 78.1. The van der Waals surface area contributed by atoms with E-state index in [1.54, 1.807) is 0 Å². The molecule has 0 fully saturated rings. The molecule has 16 nitrogen and oxygen atoms in total. The molecule has 0 saturated heterocycles. The number of carbonyl (C=O) groups is 3. The molecule has 5 atom stereocenters. The van der Waals surface area contributed by atoms with Crippen LogP contribution in [0.15, 0.2) is 158 Å². The predicted octanol–water partition coefficient (Wildman–Crippen LogP) is 23.4. The van der Waals surface area contributed by atoms with Crippen molar-refractivity contribution in [3.63, 3.8) is 0 Å². The number of phosphoric acid groups is 2. The number of rotatable bonds is 74. The fraction of sp³-hybridized carbons (Fsp3) is 0.659. The van der Waals surface area contributed by atoms with Crippen LogP contribution in [0.5, 0.6) is 0 Å². The zero-order chi connectivity index (χ0) is 75.2. The SMILES string of the molecule is CC/C=C\C/C=C\C/C=C\C/C=C\C/C=C\C/C=C\CCCCCCCCCCCCC(=O)OCC(O)COP(=O)(O)OCC(O)COP(=O)(O)OCC(COC(=O)CCCCCCCC/C=C\C/C=C\C/C=C\C/C=C\CC)OC(=O)CCCCCCCC/C=C\C/C=C\C/C=C\CCCCC. The molecule has 0 heterocycles. The molecule has 0 bridgehead atoms. The van der Waals surface area contributed by atoms with Gasteiger partial charge in [-0.05, 0) is 148 Å². The van der Waals surface area contributed by atoms with E-state index in [-0.39, 0.29) is 19.3 Å². The van der Waals surface area contributed by atoms with E-state index >= 15 is 0 Å².